The molecule has 0 aromatic heterocycles. The summed E-state index contributed by atoms with van der Waals surface area (Å²) in [5.41, 5.74) is 7.69. The predicted octanol–water partition coefficient (Wildman–Crippen LogP) is 2.11. The highest BCUT2D eigenvalue weighted by atomic mass is 15.2. The van der Waals surface area contributed by atoms with E-state index in [9.17, 15) is 0 Å². The average Bonchev–Trinajstić information content (AvgIpc) is 2.02. The normalized spacial score (nSPS) is 9.57. The van der Waals surface area contributed by atoms with Gasteiger partial charge >= 0.3 is 0 Å². The summed E-state index contributed by atoms with van der Waals surface area (Å²) in [7, 11) is 0. The van der Waals surface area contributed by atoms with Crippen molar-refractivity contribution in [2.75, 3.05) is 13.1 Å². The van der Waals surface area contributed by atoms with Crippen molar-refractivity contribution < 1.29 is 0 Å². The van der Waals surface area contributed by atoms with E-state index in [1.54, 1.807) is 0 Å². The van der Waals surface area contributed by atoms with Gasteiger partial charge in [-0.3, -0.25) is 5.41 Å². The molecule has 0 fully saturated rings. The molecule has 0 aromatic rings. The van der Waals surface area contributed by atoms with E-state index in [2.05, 4.69) is 13.2 Å². The molecular formula is C11H21N3. The molecule has 0 unspecified atom stereocenters. The first-order valence-corrected chi connectivity index (χ1v) is 4.81. The Morgan fingerprint density at radius 1 is 1.14 bits per heavy atom. The number of rotatable bonds is 6. The lowest BCUT2D eigenvalue weighted by Gasteiger charge is -2.22. The van der Waals surface area contributed by atoms with E-state index < -0.39 is 0 Å². The van der Waals surface area contributed by atoms with E-state index >= 15 is 0 Å². The van der Waals surface area contributed by atoms with Crippen LogP contribution < -0.4 is 5.73 Å². The lowest BCUT2D eigenvalue weighted by atomic mass is 10.2. The van der Waals surface area contributed by atoms with Gasteiger partial charge in [-0.1, -0.05) is 11.1 Å². The Morgan fingerprint density at radius 3 is 1.71 bits per heavy atom. The summed E-state index contributed by atoms with van der Waals surface area (Å²) in [6.45, 7) is 13.2. The molecule has 0 radical (unpaired) electrons. The quantitative estimate of drug-likeness (QED) is 0.387. The minimum absolute atomic E-state index is 0.132. The van der Waals surface area contributed by atoms with Crippen molar-refractivity contribution in [2.45, 2.75) is 26.7 Å². The van der Waals surface area contributed by atoms with Gasteiger partial charge < -0.3 is 10.6 Å². The van der Waals surface area contributed by atoms with Gasteiger partial charge in [-0.25, -0.2) is 0 Å². The van der Waals surface area contributed by atoms with E-state index in [-0.39, 0.29) is 5.96 Å². The standard InChI is InChI=1S/C11H21N3/c1-9(2)5-7-14(11(12)13)8-6-10(3)4/h1,3,5-8H2,2,4H3,(H3,12,13). The Hall–Kier alpha value is -1.25. The maximum absolute atomic E-state index is 7.38. The first kappa shape index (κ1) is 12.8. The van der Waals surface area contributed by atoms with Crippen molar-refractivity contribution in [1.82, 2.24) is 4.90 Å². The van der Waals surface area contributed by atoms with E-state index in [1.807, 2.05) is 18.7 Å². The van der Waals surface area contributed by atoms with Crippen molar-refractivity contribution in [3.63, 3.8) is 0 Å². The Morgan fingerprint density at radius 2 is 1.50 bits per heavy atom. The van der Waals surface area contributed by atoms with Crippen molar-refractivity contribution in [1.29, 1.82) is 5.41 Å². The maximum Gasteiger partial charge on any atom is 0.188 e. The van der Waals surface area contributed by atoms with Crippen LogP contribution in [0.2, 0.25) is 0 Å². The molecule has 0 saturated heterocycles. The topological polar surface area (TPSA) is 53.1 Å². The van der Waals surface area contributed by atoms with Gasteiger partial charge in [0, 0.05) is 13.1 Å². The molecule has 0 aromatic carbocycles. The molecule has 0 spiro atoms. The van der Waals surface area contributed by atoms with Gasteiger partial charge in [0.15, 0.2) is 5.96 Å². The molecule has 0 saturated carbocycles. The van der Waals surface area contributed by atoms with Crippen LogP contribution >= 0.6 is 0 Å². The molecule has 0 aliphatic carbocycles. The Balaban J connectivity index is 3.96. The van der Waals surface area contributed by atoms with E-state index in [0.29, 0.717) is 0 Å². The number of nitrogens with two attached hydrogens (primary N) is 1. The van der Waals surface area contributed by atoms with Crippen LogP contribution in [0.1, 0.15) is 26.7 Å². The van der Waals surface area contributed by atoms with Crippen LogP contribution in [0.5, 0.6) is 0 Å². The highest BCUT2D eigenvalue weighted by Crippen LogP contribution is 2.03. The SMILES string of the molecule is C=C(C)CCN(CCC(=C)C)C(=N)N. The fraction of sp³-hybridized carbons (Fsp3) is 0.545. The third-order valence-corrected chi connectivity index (χ3v) is 1.96. The Bertz CT molecular complexity index is 213. The third-order valence-electron chi connectivity index (χ3n) is 1.96. The number of nitrogens with zero attached hydrogens (tertiary/aromatic N) is 1. The lowest BCUT2D eigenvalue weighted by molar-refractivity contribution is 0.418. The fourth-order valence-corrected chi connectivity index (χ4v) is 1.00. The number of nitrogens with one attached hydrogen (secondary N) is 1. The number of guanidine groups is 1. The molecule has 0 amide bonds. The summed E-state index contributed by atoms with van der Waals surface area (Å²) < 4.78 is 0. The Kier molecular flexibility index (Phi) is 5.68. The molecular weight excluding hydrogens is 174 g/mol. The van der Waals surface area contributed by atoms with Crippen LogP contribution in [0.3, 0.4) is 0 Å². The molecule has 0 bridgehead atoms. The molecule has 3 heteroatoms. The second kappa shape index (κ2) is 6.24. The second-order valence-electron chi connectivity index (χ2n) is 3.79. The highest BCUT2D eigenvalue weighted by molar-refractivity contribution is 5.74. The van der Waals surface area contributed by atoms with Gasteiger partial charge in [0.25, 0.3) is 0 Å². The summed E-state index contributed by atoms with van der Waals surface area (Å²) in [5, 5.41) is 7.38. The number of hydrogen-bond donors (Lipinski definition) is 2. The molecule has 80 valence electrons. The van der Waals surface area contributed by atoms with E-state index in [4.69, 9.17) is 11.1 Å². The van der Waals surface area contributed by atoms with Gasteiger partial charge in [0.1, 0.15) is 0 Å². The second-order valence-corrected chi connectivity index (χ2v) is 3.79. The van der Waals surface area contributed by atoms with Crippen molar-refractivity contribution in [2.24, 2.45) is 5.73 Å². The Labute approximate surface area is 86.8 Å². The van der Waals surface area contributed by atoms with Gasteiger partial charge in [0.05, 0.1) is 0 Å². The monoisotopic (exact) mass is 195 g/mol. The van der Waals surface area contributed by atoms with Crippen LogP contribution in [-0.2, 0) is 0 Å². The van der Waals surface area contributed by atoms with Crippen molar-refractivity contribution >= 4 is 5.96 Å². The zero-order valence-electron chi connectivity index (χ0n) is 9.27. The van der Waals surface area contributed by atoms with Crippen LogP contribution in [-0.4, -0.2) is 23.9 Å². The average molecular weight is 195 g/mol. The lowest BCUT2D eigenvalue weighted by Crippen LogP contribution is -2.38. The van der Waals surface area contributed by atoms with Crippen LogP contribution in [0.25, 0.3) is 0 Å². The minimum atomic E-state index is 0.132. The van der Waals surface area contributed by atoms with Gasteiger partial charge in [-0.05, 0) is 26.7 Å². The molecule has 0 atom stereocenters. The molecule has 0 aliphatic heterocycles. The first-order valence-electron chi connectivity index (χ1n) is 4.81. The zero-order valence-corrected chi connectivity index (χ0v) is 9.27. The predicted molar refractivity (Wildman–Crippen MR) is 62.3 cm³/mol. The smallest absolute Gasteiger partial charge is 0.188 e. The van der Waals surface area contributed by atoms with Gasteiger partial charge in [-0.15, -0.1) is 13.2 Å². The molecule has 0 rings (SSSR count). The van der Waals surface area contributed by atoms with Crippen LogP contribution in [0, 0.1) is 5.41 Å². The molecule has 0 aliphatic rings. The van der Waals surface area contributed by atoms with Gasteiger partial charge in [0.2, 0.25) is 0 Å². The number of hydrogen-bond acceptors (Lipinski definition) is 1. The minimum Gasteiger partial charge on any atom is -0.370 e. The summed E-state index contributed by atoms with van der Waals surface area (Å²) in [6.07, 6.45) is 1.77. The van der Waals surface area contributed by atoms with Crippen LogP contribution in [0.15, 0.2) is 24.3 Å². The summed E-state index contributed by atoms with van der Waals surface area (Å²) >= 11 is 0. The van der Waals surface area contributed by atoms with Gasteiger partial charge in [-0.2, -0.15) is 0 Å². The largest absolute Gasteiger partial charge is 0.370 e. The van der Waals surface area contributed by atoms with E-state index in [1.165, 1.54) is 0 Å². The highest BCUT2D eigenvalue weighted by Gasteiger charge is 2.05. The fourth-order valence-electron chi connectivity index (χ4n) is 1.00. The van der Waals surface area contributed by atoms with Crippen LogP contribution in [0.4, 0.5) is 0 Å². The van der Waals surface area contributed by atoms with Crippen molar-refractivity contribution in [3.8, 4) is 0 Å². The maximum atomic E-state index is 7.38. The molecule has 3 N–H and O–H groups in total. The summed E-state index contributed by atoms with van der Waals surface area (Å²) in [4.78, 5) is 1.85. The molecule has 0 heterocycles. The van der Waals surface area contributed by atoms with Crippen molar-refractivity contribution in [3.05, 3.63) is 24.3 Å². The first-order chi connectivity index (χ1) is 6.43. The third kappa shape index (κ3) is 6.29. The summed E-state index contributed by atoms with van der Waals surface area (Å²) in [6, 6.07) is 0. The summed E-state index contributed by atoms with van der Waals surface area (Å²) in [5.74, 6) is 0.132. The molecule has 3 nitrogen and oxygen atoms in total. The molecule has 14 heavy (non-hydrogen) atoms. The zero-order chi connectivity index (χ0) is 11.1. The van der Waals surface area contributed by atoms with E-state index in [0.717, 1.165) is 37.1 Å².